The van der Waals surface area contributed by atoms with E-state index in [0.717, 1.165) is 39.0 Å². The number of furan rings is 1. The predicted octanol–water partition coefficient (Wildman–Crippen LogP) is 14.4. The summed E-state index contributed by atoms with van der Waals surface area (Å²) in [6.07, 6.45) is 0. The van der Waals surface area contributed by atoms with Crippen LogP contribution in [0.25, 0.3) is 75.5 Å². The summed E-state index contributed by atoms with van der Waals surface area (Å²) in [5, 5.41) is 4.79. The maximum absolute atomic E-state index is 6.41. The SMILES string of the molecule is c1ccc(-c2ccc(-c3ccc(N(c4ccc5c(c4)oc4ccccc45)c4cccc5c4sc4c(-c6ccccc6)cccc45)cc3)cc2)cc1. The second kappa shape index (κ2) is 12.2. The lowest BCUT2D eigenvalue weighted by molar-refractivity contribution is 0.669. The number of nitrogens with zero attached hydrogens (tertiary/aromatic N) is 1. The zero-order chi connectivity index (χ0) is 33.7. The molecular formula is C48H31NOS. The van der Waals surface area contributed by atoms with E-state index >= 15 is 0 Å². The van der Waals surface area contributed by atoms with Crippen molar-refractivity contribution in [2.24, 2.45) is 0 Å². The van der Waals surface area contributed by atoms with Gasteiger partial charge in [-0.3, -0.25) is 0 Å². The fourth-order valence-electron chi connectivity index (χ4n) is 7.40. The molecule has 0 saturated heterocycles. The van der Waals surface area contributed by atoms with Crippen LogP contribution < -0.4 is 4.90 Å². The number of para-hydroxylation sites is 1. The smallest absolute Gasteiger partial charge is 0.137 e. The minimum atomic E-state index is 0.878. The van der Waals surface area contributed by atoms with Crippen molar-refractivity contribution in [3.8, 4) is 33.4 Å². The molecule has 0 aliphatic carbocycles. The topological polar surface area (TPSA) is 16.4 Å². The molecule has 2 heterocycles. The Morgan fingerprint density at radius 3 is 1.61 bits per heavy atom. The van der Waals surface area contributed by atoms with Gasteiger partial charge in [-0.1, -0.05) is 146 Å². The molecule has 0 radical (unpaired) electrons. The van der Waals surface area contributed by atoms with Gasteiger partial charge in [-0.2, -0.15) is 0 Å². The Morgan fingerprint density at radius 2 is 0.882 bits per heavy atom. The zero-order valence-corrected chi connectivity index (χ0v) is 28.5. The average molecular weight is 670 g/mol. The fourth-order valence-corrected chi connectivity index (χ4v) is 8.74. The third kappa shape index (κ3) is 5.10. The van der Waals surface area contributed by atoms with Crippen LogP contribution >= 0.6 is 11.3 Å². The Balaban J connectivity index is 1.13. The summed E-state index contributed by atoms with van der Waals surface area (Å²) in [6, 6.07) is 67.3. The van der Waals surface area contributed by atoms with Gasteiger partial charge in [-0.15, -0.1) is 11.3 Å². The van der Waals surface area contributed by atoms with E-state index in [-0.39, 0.29) is 0 Å². The van der Waals surface area contributed by atoms with Crippen LogP contribution in [-0.4, -0.2) is 0 Å². The van der Waals surface area contributed by atoms with Gasteiger partial charge in [0.05, 0.1) is 10.4 Å². The quantitative estimate of drug-likeness (QED) is 0.175. The first kappa shape index (κ1) is 29.5. The summed E-state index contributed by atoms with van der Waals surface area (Å²) in [5.74, 6) is 0. The Kier molecular flexibility index (Phi) is 7.04. The lowest BCUT2D eigenvalue weighted by atomic mass is 10.00. The molecule has 10 aromatic rings. The van der Waals surface area contributed by atoms with Crippen molar-refractivity contribution in [3.05, 3.63) is 188 Å². The first-order valence-electron chi connectivity index (χ1n) is 17.3. The van der Waals surface area contributed by atoms with Gasteiger partial charge in [0.15, 0.2) is 0 Å². The van der Waals surface area contributed by atoms with Crippen molar-refractivity contribution < 1.29 is 4.42 Å². The molecule has 0 bridgehead atoms. The minimum Gasteiger partial charge on any atom is -0.456 e. The van der Waals surface area contributed by atoms with Crippen molar-refractivity contribution in [2.75, 3.05) is 4.90 Å². The molecule has 10 rings (SSSR count). The van der Waals surface area contributed by atoms with E-state index in [0.29, 0.717) is 0 Å². The molecule has 2 nitrogen and oxygen atoms in total. The first-order valence-corrected chi connectivity index (χ1v) is 18.1. The average Bonchev–Trinajstić information content (AvgIpc) is 3.78. The first-order chi connectivity index (χ1) is 25.3. The lowest BCUT2D eigenvalue weighted by Gasteiger charge is -2.26. The molecule has 0 atom stereocenters. The summed E-state index contributed by atoms with van der Waals surface area (Å²) in [4.78, 5) is 2.38. The number of benzene rings is 8. The highest BCUT2D eigenvalue weighted by Crippen LogP contribution is 2.47. The van der Waals surface area contributed by atoms with E-state index in [4.69, 9.17) is 4.42 Å². The normalized spacial score (nSPS) is 11.5. The summed E-state index contributed by atoms with van der Waals surface area (Å²) >= 11 is 1.87. The Bertz CT molecular complexity index is 2830. The van der Waals surface area contributed by atoms with Crippen LogP contribution in [0.15, 0.2) is 192 Å². The van der Waals surface area contributed by atoms with Gasteiger partial charge in [0.1, 0.15) is 11.2 Å². The lowest BCUT2D eigenvalue weighted by Crippen LogP contribution is -2.10. The van der Waals surface area contributed by atoms with Gasteiger partial charge in [-0.05, 0) is 69.8 Å². The molecule has 0 aliphatic rings. The second-order valence-corrected chi connectivity index (χ2v) is 13.9. The predicted molar refractivity (Wildman–Crippen MR) is 218 cm³/mol. The molecule has 240 valence electrons. The van der Waals surface area contributed by atoms with Crippen LogP contribution in [0.1, 0.15) is 0 Å². The fraction of sp³-hybridized carbons (Fsp3) is 0. The largest absolute Gasteiger partial charge is 0.456 e. The molecule has 0 amide bonds. The third-order valence-electron chi connectivity index (χ3n) is 9.90. The van der Waals surface area contributed by atoms with E-state index in [1.165, 1.54) is 53.6 Å². The molecule has 0 aliphatic heterocycles. The molecule has 0 unspecified atom stereocenters. The van der Waals surface area contributed by atoms with E-state index in [1.807, 2.05) is 23.5 Å². The van der Waals surface area contributed by atoms with Crippen LogP contribution in [0.2, 0.25) is 0 Å². The van der Waals surface area contributed by atoms with Crippen molar-refractivity contribution >= 4 is 70.5 Å². The van der Waals surface area contributed by atoms with Crippen LogP contribution in [0.3, 0.4) is 0 Å². The van der Waals surface area contributed by atoms with E-state index < -0.39 is 0 Å². The van der Waals surface area contributed by atoms with Gasteiger partial charge in [0.2, 0.25) is 0 Å². The number of hydrogen-bond donors (Lipinski definition) is 0. The Morgan fingerprint density at radius 1 is 0.353 bits per heavy atom. The molecule has 0 fully saturated rings. The summed E-state index contributed by atoms with van der Waals surface area (Å²) < 4.78 is 8.96. The summed E-state index contributed by atoms with van der Waals surface area (Å²) in [5.41, 5.74) is 12.4. The van der Waals surface area contributed by atoms with Crippen molar-refractivity contribution in [3.63, 3.8) is 0 Å². The van der Waals surface area contributed by atoms with E-state index in [2.05, 4.69) is 181 Å². The van der Waals surface area contributed by atoms with Gasteiger partial charge < -0.3 is 9.32 Å². The van der Waals surface area contributed by atoms with Gasteiger partial charge in [0.25, 0.3) is 0 Å². The van der Waals surface area contributed by atoms with Crippen molar-refractivity contribution in [1.82, 2.24) is 0 Å². The highest BCUT2D eigenvalue weighted by atomic mass is 32.1. The molecule has 3 heteroatoms. The molecule has 0 spiro atoms. The standard InChI is InChI=1S/C48H31NOS/c1-3-11-32(12-4-1)33-21-23-34(24-22-33)35-25-27-37(28-26-35)49(38-29-30-41-40-15-7-8-20-45(40)50-46(41)31-38)44-19-10-18-43-42-17-9-16-39(47(42)51-48(43)44)36-13-5-2-6-14-36/h1-31H. The number of rotatable bonds is 6. The highest BCUT2D eigenvalue weighted by Gasteiger charge is 2.20. The number of hydrogen-bond acceptors (Lipinski definition) is 3. The van der Waals surface area contributed by atoms with Crippen LogP contribution in [0.4, 0.5) is 17.1 Å². The van der Waals surface area contributed by atoms with Crippen LogP contribution in [-0.2, 0) is 0 Å². The van der Waals surface area contributed by atoms with E-state index in [9.17, 15) is 0 Å². The second-order valence-electron chi connectivity index (χ2n) is 12.9. The third-order valence-corrected chi connectivity index (χ3v) is 11.2. The monoisotopic (exact) mass is 669 g/mol. The van der Waals surface area contributed by atoms with Crippen LogP contribution in [0.5, 0.6) is 0 Å². The number of fused-ring (bicyclic) bond motifs is 6. The van der Waals surface area contributed by atoms with Gasteiger partial charge in [0, 0.05) is 43.7 Å². The van der Waals surface area contributed by atoms with Crippen molar-refractivity contribution in [1.29, 1.82) is 0 Å². The minimum absolute atomic E-state index is 0.878. The maximum Gasteiger partial charge on any atom is 0.137 e. The summed E-state index contributed by atoms with van der Waals surface area (Å²) in [7, 11) is 0. The summed E-state index contributed by atoms with van der Waals surface area (Å²) in [6.45, 7) is 0. The van der Waals surface area contributed by atoms with E-state index in [1.54, 1.807) is 0 Å². The number of thiophene rings is 1. The maximum atomic E-state index is 6.41. The molecular weight excluding hydrogens is 639 g/mol. The molecule has 51 heavy (non-hydrogen) atoms. The Labute approximate surface area is 300 Å². The highest BCUT2D eigenvalue weighted by molar-refractivity contribution is 7.27. The van der Waals surface area contributed by atoms with Gasteiger partial charge >= 0.3 is 0 Å². The molecule has 0 N–H and O–H groups in total. The van der Waals surface area contributed by atoms with Crippen LogP contribution in [0, 0.1) is 0 Å². The number of anilines is 3. The molecule has 8 aromatic carbocycles. The van der Waals surface area contributed by atoms with Crippen molar-refractivity contribution in [2.45, 2.75) is 0 Å². The molecule has 2 aromatic heterocycles. The van der Waals surface area contributed by atoms with Gasteiger partial charge in [-0.25, -0.2) is 0 Å². The zero-order valence-electron chi connectivity index (χ0n) is 27.7. The Hall–Kier alpha value is -6.42. The molecule has 0 saturated carbocycles.